The number of nitrogens with zero attached hydrogens (tertiary/aromatic N) is 3. The number of rotatable bonds is 8. The molecule has 0 radical (unpaired) electrons. The lowest BCUT2D eigenvalue weighted by atomic mass is 10.2. The Morgan fingerprint density at radius 1 is 1.13 bits per heavy atom. The van der Waals surface area contributed by atoms with Gasteiger partial charge < -0.3 is 14.0 Å². The number of carbonyl (C=O) groups is 1. The fourth-order valence-corrected chi connectivity index (χ4v) is 4.41. The van der Waals surface area contributed by atoms with E-state index in [0.29, 0.717) is 23.0 Å². The second kappa shape index (κ2) is 9.76. The number of ether oxygens (including phenoxy) is 2. The van der Waals surface area contributed by atoms with Gasteiger partial charge in [-0.15, -0.1) is 23.1 Å². The van der Waals surface area contributed by atoms with Crippen LogP contribution in [0.15, 0.2) is 63.3 Å². The predicted octanol–water partition coefficient (Wildman–Crippen LogP) is 5.16. The van der Waals surface area contributed by atoms with Gasteiger partial charge in [-0.05, 0) is 43.3 Å². The molecule has 0 fully saturated rings. The van der Waals surface area contributed by atoms with Gasteiger partial charge in [0, 0.05) is 21.6 Å². The molecule has 4 rings (SSSR count). The number of thioether (sulfide) groups is 1. The van der Waals surface area contributed by atoms with E-state index in [-0.39, 0.29) is 6.61 Å². The van der Waals surface area contributed by atoms with E-state index in [1.165, 1.54) is 0 Å². The van der Waals surface area contributed by atoms with E-state index in [1.807, 2.05) is 42.6 Å². The molecule has 0 unspecified atom stereocenters. The molecule has 0 aliphatic carbocycles. The number of hydrogen-bond donors (Lipinski definition) is 0. The molecule has 31 heavy (non-hydrogen) atoms. The van der Waals surface area contributed by atoms with Crippen LogP contribution in [0, 0.1) is 6.92 Å². The first-order valence-corrected chi connectivity index (χ1v) is 11.3. The Hall–Kier alpha value is -3.17. The van der Waals surface area contributed by atoms with Crippen LogP contribution in [0.5, 0.6) is 5.75 Å². The van der Waals surface area contributed by atoms with Crippen LogP contribution >= 0.6 is 23.1 Å². The highest BCUT2D eigenvalue weighted by Gasteiger charge is 2.16. The average molecular weight is 454 g/mol. The second-order valence-electron chi connectivity index (χ2n) is 6.46. The summed E-state index contributed by atoms with van der Waals surface area (Å²) in [6.07, 6.45) is 0. The lowest BCUT2D eigenvalue weighted by Gasteiger charge is -2.07. The van der Waals surface area contributed by atoms with E-state index in [4.69, 9.17) is 14.0 Å². The minimum absolute atomic E-state index is 0.0806. The van der Waals surface area contributed by atoms with Gasteiger partial charge in [0.1, 0.15) is 5.75 Å². The third-order valence-electron chi connectivity index (χ3n) is 4.29. The maximum Gasteiger partial charge on any atom is 0.339 e. The summed E-state index contributed by atoms with van der Waals surface area (Å²) in [7, 11) is 1.60. The molecule has 158 valence electrons. The second-order valence-corrected chi connectivity index (χ2v) is 8.54. The molecule has 0 saturated carbocycles. The predicted molar refractivity (Wildman–Crippen MR) is 118 cm³/mol. The Morgan fingerprint density at radius 2 is 1.94 bits per heavy atom. The molecule has 0 N–H and O–H groups in total. The fraction of sp³-hybridized carbons (Fsp3) is 0.182. The van der Waals surface area contributed by atoms with Crippen LogP contribution < -0.4 is 4.74 Å². The Labute approximate surface area is 187 Å². The topological polar surface area (TPSA) is 87.3 Å². The van der Waals surface area contributed by atoms with E-state index in [1.54, 1.807) is 48.4 Å². The van der Waals surface area contributed by atoms with Gasteiger partial charge >= 0.3 is 5.97 Å². The molecule has 7 nitrogen and oxygen atoms in total. The highest BCUT2D eigenvalue weighted by molar-refractivity contribution is 7.98. The zero-order valence-electron chi connectivity index (χ0n) is 16.9. The molecule has 0 bridgehead atoms. The third kappa shape index (κ3) is 5.31. The molecule has 0 saturated heterocycles. The summed E-state index contributed by atoms with van der Waals surface area (Å²) in [5, 5.41) is 6.95. The van der Waals surface area contributed by atoms with Gasteiger partial charge in [0.05, 0.1) is 23.4 Å². The van der Waals surface area contributed by atoms with Crippen LogP contribution in [0.25, 0.3) is 11.5 Å². The van der Waals surface area contributed by atoms with Crippen molar-refractivity contribution in [3.63, 3.8) is 0 Å². The van der Waals surface area contributed by atoms with Crippen LogP contribution in [0.1, 0.15) is 26.9 Å². The molecule has 9 heteroatoms. The molecule has 4 aromatic rings. The van der Waals surface area contributed by atoms with Crippen molar-refractivity contribution in [2.45, 2.75) is 24.2 Å². The normalized spacial score (nSPS) is 10.8. The Morgan fingerprint density at radius 3 is 2.68 bits per heavy atom. The molecule has 0 aliphatic rings. The van der Waals surface area contributed by atoms with Gasteiger partial charge in [0.25, 0.3) is 5.89 Å². The summed E-state index contributed by atoms with van der Waals surface area (Å²) in [6.45, 7) is 1.89. The minimum atomic E-state index is -0.437. The van der Waals surface area contributed by atoms with E-state index in [9.17, 15) is 4.79 Å². The van der Waals surface area contributed by atoms with Gasteiger partial charge in [-0.25, -0.2) is 9.78 Å². The monoisotopic (exact) mass is 453 g/mol. The Balaban J connectivity index is 1.38. The summed E-state index contributed by atoms with van der Waals surface area (Å²) in [6, 6.07) is 14.6. The third-order valence-corrected chi connectivity index (χ3v) is 6.22. The largest absolute Gasteiger partial charge is 0.497 e. The van der Waals surface area contributed by atoms with Crippen molar-refractivity contribution in [2.75, 3.05) is 7.11 Å². The molecule has 0 aliphatic heterocycles. The van der Waals surface area contributed by atoms with Crippen LogP contribution in [0.4, 0.5) is 0 Å². The van der Waals surface area contributed by atoms with E-state index in [2.05, 4.69) is 15.1 Å². The van der Waals surface area contributed by atoms with Crippen LogP contribution in [0.3, 0.4) is 0 Å². The molecule has 2 aromatic heterocycles. The van der Waals surface area contributed by atoms with E-state index in [0.717, 1.165) is 26.9 Å². The summed E-state index contributed by atoms with van der Waals surface area (Å²) in [5.74, 6) is 1.63. The minimum Gasteiger partial charge on any atom is -0.497 e. The van der Waals surface area contributed by atoms with E-state index < -0.39 is 5.97 Å². The molecule has 0 spiro atoms. The standard InChI is InChI=1S/C22H19N3O4S2/c1-14-23-16(12-30-14)13-31-19-6-4-3-5-18(19)22(26)28-11-20-24-21(29-25-20)15-7-9-17(27-2)10-8-15/h3-10,12H,11,13H2,1-2H3. The average Bonchev–Trinajstić information content (AvgIpc) is 3.45. The van der Waals surface area contributed by atoms with Gasteiger partial charge in [-0.1, -0.05) is 17.3 Å². The number of hydrogen-bond acceptors (Lipinski definition) is 9. The molecular weight excluding hydrogens is 434 g/mol. The summed E-state index contributed by atoms with van der Waals surface area (Å²) < 4.78 is 15.8. The summed E-state index contributed by atoms with van der Waals surface area (Å²) in [4.78, 5) is 22.2. The number of aromatic nitrogens is 3. The SMILES string of the molecule is COc1ccc(-c2nc(COC(=O)c3ccccc3SCc3csc(C)n3)no2)cc1. The van der Waals surface area contributed by atoms with Crippen molar-refractivity contribution in [2.24, 2.45) is 0 Å². The number of esters is 1. The van der Waals surface area contributed by atoms with Crippen molar-refractivity contribution in [1.29, 1.82) is 0 Å². The van der Waals surface area contributed by atoms with Gasteiger partial charge in [0.15, 0.2) is 6.61 Å². The smallest absolute Gasteiger partial charge is 0.339 e. The van der Waals surface area contributed by atoms with Crippen molar-refractivity contribution in [3.05, 3.63) is 76.0 Å². The van der Waals surface area contributed by atoms with Crippen molar-refractivity contribution >= 4 is 29.1 Å². The van der Waals surface area contributed by atoms with E-state index >= 15 is 0 Å². The summed E-state index contributed by atoms with van der Waals surface area (Å²) >= 11 is 3.16. The van der Waals surface area contributed by atoms with Crippen LogP contribution in [-0.2, 0) is 17.1 Å². The molecule has 2 heterocycles. The number of thiazole rings is 1. The number of aryl methyl sites for hydroxylation is 1. The molecule has 0 atom stereocenters. The molecule has 0 amide bonds. The lowest BCUT2D eigenvalue weighted by molar-refractivity contribution is 0.0455. The number of carbonyl (C=O) groups excluding carboxylic acids is 1. The van der Waals surface area contributed by atoms with Crippen molar-refractivity contribution in [3.8, 4) is 17.2 Å². The Kier molecular flexibility index (Phi) is 6.63. The van der Waals surface area contributed by atoms with Gasteiger partial charge in [-0.3, -0.25) is 0 Å². The zero-order chi connectivity index (χ0) is 21.6. The van der Waals surface area contributed by atoms with Crippen molar-refractivity contribution < 1.29 is 18.8 Å². The maximum atomic E-state index is 12.7. The Bertz CT molecular complexity index is 1170. The number of benzene rings is 2. The van der Waals surface area contributed by atoms with Gasteiger partial charge in [-0.2, -0.15) is 4.98 Å². The zero-order valence-corrected chi connectivity index (χ0v) is 18.5. The number of methoxy groups -OCH3 is 1. The maximum absolute atomic E-state index is 12.7. The highest BCUT2D eigenvalue weighted by atomic mass is 32.2. The summed E-state index contributed by atoms with van der Waals surface area (Å²) in [5.41, 5.74) is 2.25. The molecular formula is C22H19N3O4S2. The van der Waals surface area contributed by atoms with Gasteiger partial charge in [0.2, 0.25) is 5.82 Å². The highest BCUT2D eigenvalue weighted by Crippen LogP contribution is 2.27. The lowest BCUT2D eigenvalue weighted by Crippen LogP contribution is -2.07. The van der Waals surface area contributed by atoms with Crippen LogP contribution in [0.2, 0.25) is 0 Å². The quantitative estimate of drug-likeness (QED) is 0.267. The van der Waals surface area contributed by atoms with Crippen molar-refractivity contribution in [1.82, 2.24) is 15.1 Å². The first-order valence-electron chi connectivity index (χ1n) is 9.39. The van der Waals surface area contributed by atoms with Crippen LogP contribution in [-0.4, -0.2) is 28.2 Å². The first kappa shape index (κ1) is 21.1. The molecule has 2 aromatic carbocycles. The first-order chi connectivity index (χ1) is 15.1. The fourth-order valence-electron chi connectivity index (χ4n) is 2.76.